The highest BCUT2D eigenvalue weighted by molar-refractivity contribution is 8.93. The number of nitrogens with one attached hydrogen (secondary N) is 1. The molecule has 3 heteroatoms. The molecule has 1 N–H and O–H groups in total. The molecule has 0 aliphatic rings. The molecule has 0 amide bonds. The van der Waals surface area contributed by atoms with Crippen LogP contribution in [0.4, 0.5) is 0 Å². The summed E-state index contributed by atoms with van der Waals surface area (Å²) in [5.41, 5.74) is 2.68. The second-order valence-electron chi connectivity index (χ2n) is 5.41. The molecule has 0 bridgehead atoms. The van der Waals surface area contributed by atoms with Crippen LogP contribution in [-0.2, 0) is 13.0 Å². The van der Waals surface area contributed by atoms with Crippen LogP contribution in [0.25, 0.3) is 10.8 Å². The van der Waals surface area contributed by atoms with Gasteiger partial charge in [-0.05, 0) is 47.0 Å². The Hall–Kier alpha value is -1.84. The maximum atomic E-state index is 5.18. The van der Waals surface area contributed by atoms with E-state index < -0.39 is 0 Å². The number of hydrogen-bond donors (Lipinski definition) is 1. The van der Waals surface area contributed by atoms with Crippen molar-refractivity contribution in [2.24, 2.45) is 0 Å². The zero-order chi connectivity index (χ0) is 15.2. The maximum Gasteiger partial charge on any atom is 0.118 e. The number of ether oxygens (including phenoxy) is 1. The molecule has 3 rings (SSSR count). The van der Waals surface area contributed by atoms with Crippen LogP contribution in [0.3, 0.4) is 0 Å². The van der Waals surface area contributed by atoms with Gasteiger partial charge < -0.3 is 10.1 Å². The average molecular weight is 372 g/mol. The summed E-state index contributed by atoms with van der Waals surface area (Å²) >= 11 is 0. The summed E-state index contributed by atoms with van der Waals surface area (Å²) in [6.45, 7) is 1.87. The van der Waals surface area contributed by atoms with Crippen LogP contribution in [0.5, 0.6) is 5.75 Å². The molecule has 0 saturated heterocycles. The Morgan fingerprint density at radius 2 is 1.61 bits per heavy atom. The molecule has 23 heavy (non-hydrogen) atoms. The molecule has 0 aliphatic heterocycles. The molecule has 0 spiro atoms. The highest BCUT2D eigenvalue weighted by Gasteiger charge is 2.00. The van der Waals surface area contributed by atoms with E-state index in [1.165, 1.54) is 21.9 Å². The minimum atomic E-state index is 0. The normalized spacial score (nSPS) is 10.3. The SMILES string of the molecule is Br.COc1ccc(CCNCc2cccc3ccccc23)cc1. The Balaban J connectivity index is 0.00000192. The van der Waals surface area contributed by atoms with Gasteiger partial charge in [-0.15, -0.1) is 17.0 Å². The highest BCUT2D eigenvalue weighted by Crippen LogP contribution is 2.18. The quantitative estimate of drug-likeness (QED) is 0.630. The lowest BCUT2D eigenvalue weighted by molar-refractivity contribution is 0.414. The maximum absolute atomic E-state index is 5.18. The van der Waals surface area contributed by atoms with E-state index in [9.17, 15) is 0 Å². The molecule has 0 aromatic heterocycles. The summed E-state index contributed by atoms with van der Waals surface area (Å²) in [6, 6.07) is 23.3. The first-order valence-electron chi connectivity index (χ1n) is 7.67. The number of benzene rings is 3. The molecule has 3 aromatic rings. The predicted molar refractivity (Wildman–Crippen MR) is 103 cm³/mol. The zero-order valence-electron chi connectivity index (χ0n) is 13.3. The van der Waals surface area contributed by atoms with Crippen molar-refractivity contribution in [3.63, 3.8) is 0 Å². The van der Waals surface area contributed by atoms with Crippen molar-refractivity contribution >= 4 is 27.8 Å². The first-order valence-corrected chi connectivity index (χ1v) is 7.67. The van der Waals surface area contributed by atoms with Crippen LogP contribution in [0.1, 0.15) is 11.1 Å². The molecule has 0 fully saturated rings. The number of halogens is 1. The van der Waals surface area contributed by atoms with Gasteiger partial charge in [0.15, 0.2) is 0 Å². The standard InChI is InChI=1S/C20H21NO.BrH/c1-22-19-11-9-16(10-12-19)13-14-21-15-18-7-4-6-17-5-2-3-8-20(17)18;/h2-12,21H,13-15H2,1H3;1H. The van der Waals surface area contributed by atoms with Gasteiger partial charge in [0.2, 0.25) is 0 Å². The van der Waals surface area contributed by atoms with E-state index in [4.69, 9.17) is 4.74 Å². The van der Waals surface area contributed by atoms with Crippen molar-refractivity contribution < 1.29 is 4.74 Å². The predicted octanol–water partition coefficient (Wildman–Crippen LogP) is 4.76. The molecule has 0 radical (unpaired) electrons. The molecular weight excluding hydrogens is 350 g/mol. The fourth-order valence-electron chi connectivity index (χ4n) is 2.69. The lowest BCUT2D eigenvalue weighted by atomic mass is 10.0. The Bertz CT molecular complexity index is 735. The summed E-state index contributed by atoms with van der Waals surface area (Å²) < 4.78 is 5.18. The summed E-state index contributed by atoms with van der Waals surface area (Å²) in [5.74, 6) is 0.910. The topological polar surface area (TPSA) is 21.3 Å². The Morgan fingerprint density at radius 1 is 0.870 bits per heavy atom. The van der Waals surface area contributed by atoms with Crippen molar-refractivity contribution in [1.82, 2.24) is 5.32 Å². The van der Waals surface area contributed by atoms with Crippen LogP contribution >= 0.6 is 17.0 Å². The van der Waals surface area contributed by atoms with Gasteiger partial charge in [0.25, 0.3) is 0 Å². The number of rotatable bonds is 6. The Morgan fingerprint density at radius 3 is 2.39 bits per heavy atom. The third-order valence-corrected chi connectivity index (χ3v) is 3.94. The molecule has 120 valence electrons. The van der Waals surface area contributed by atoms with E-state index in [0.29, 0.717) is 0 Å². The van der Waals surface area contributed by atoms with Gasteiger partial charge in [0.1, 0.15) is 5.75 Å². The lowest BCUT2D eigenvalue weighted by Gasteiger charge is -2.09. The van der Waals surface area contributed by atoms with Gasteiger partial charge in [-0.1, -0.05) is 54.6 Å². The van der Waals surface area contributed by atoms with Crippen LogP contribution in [0, 0.1) is 0 Å². The molecule has 0 saturated carbocycles. The van der Waals surface area contributed by atoms with Crippen LogP contribution in [0.15, 0.2) is 66.7 Å². The molecule has 0 aliphatic carbocycles. The molecule has 0 unspecified atom stereocenters. The Kier molecular flexibility index (Phi) is 6.63. The van der Waals surface area contributed by atoms with Gasteiger partial charge in [0.05, 0.1) is 7.11 Å². The molecule has 2 nitrogen and oxygen atoms in total. The third kappa shape index (κ3) is 4.57. The minimum Gasteiger partial charge on any atom is -0.497 e. The van der Waals surface area contributed by atoms with E-state index in [-0.39, 0.29) is 17.0 Å². The lowest BCUT2D eigenvalue weighted by Crippen LogP contribution is -2.16. The van der Waals surface area contributed by atoms with Gasteiger partial charge in [-0.3, -0.25) is 0 Å². The van der Waals surface area contributed by atoms with Gasteiger partial charge in [-0.25, -0.2) is 0 Å². The Labute approximate surface area is 148 Å². The van der Waals surface area contributed by atoms with E-state index in [0.717, 1.165) is 25.3 Å². The summed E-state index contributed by atoms with van der Waals surface area (Å²) in [6.07, 6.45) is 1.02. The first-order chi connectivity index (χ1) is 10.9. The molecule has 3 aromatic carbocycles. The van der Waals surface area contributed by atoms with E-state index in [2.05, 4.69) is 59.9 Å². The minimum absolute atomic E-state index is 0. The fraction of sp³-hybridized carbons (Fsp3) is 0.200. The van der Waals surface area contributed by atoms with Crippen LogP contribution < -0.4 is 10.1 Å². The number of hydrogen-bond acceptors (Lipinski definition) is 2. The first kappa shape index (κ1) is 17.5. The third-order valence-electron chi connectivity index (χ3n) is 3.94. The summed E-state index contributed by atoms with van der Waals surface area (Å²) in [7, 11) is 1.70. The van der Waals surface area contributed by atoms with E-state index in [1.807, 2.05) is 12.1 Å². The molecule has 0 heterocycles. The monoisotopic (exact) mass is 371 g/mol. The second-order valence-corrected chi connectivity index (χ2v) is 5.41. The summed E-state index contributed by atoms with van der Waals surface area (Å²) in [4.78, 5) is 0. The fourth-order valence-corrected chi connectivity index (χ4v) is 2.69. The smallest absolute Gasteiger partial charge is 0.118 e. The number of fused-ring (bicyclic) bond motifs is 1. The zero-order valence-corrected chi connectivity index (χ0v) is 15.0. The van der Waals surface area contributed by atoms with Crippen molar-refractivity contribution in [3.8, 4) is 5.75 Å². The van der Waals surface area contributed by atoms with Gasteiger partial charge in [-0.2, -0.15) is 0 Å². The van der Waals surface area contributed by atoms with Gasteiger partial charge >= 0.3 is 0 Å². The second kappa shape index (κ2) is 8.70. The number of methoxy groups -OCH3 is 1. The highest BCUT2D eigenvalue weighted by atomic mass is 79.9. The van der Waals surface area contributed by atoms with E-state index in [1.54, 1.807) is 7.11 Å². The van der Waals surface area contributed by atoms with Crippen LogP contribution in [-0.4, -0.2) is 13.7 Å². The van der Waals surface area contributed by atoms with Crippen LogP contribution in [0.2, 0.25) is 0 Å². The van der Waals surface area contributed by atoms with Crippen molar-refractivity contribution in [1.29, 1.82) is 0 Å². The molecular formula is C20H22BrNO. The average Bonchev–Trinajstić information content (AvgIpc) is 2.59. The van der Waals surface area contributed by atoms with Crippen molar-refractivity contribution in [2.45, 2.75) is 13.0 Å². The van der Waals surface area contributed by atoms with E-state index >= 15 is 0 Å². The summed E-state index contributed by atoms with van der Waals surface area (Å²) in [5, 5.41) is 6.18. The largest absolute Gasteiger partial charge is 0.497 e. The van der Waals surface area contributed by atoms with Crippen molar-refractivity contribution in [2.75, 3.05) is 13.7 Å². The van der Waals surface area contributed by atoms with Crippen molar-refractivity contribution in [3.05, 3.63) is 77.9 Å². The van der Waals surface area contributed by atoms with Gasteiger partial charge in [0, 0.05) is 6.54 Å². The molecule has 0 atom stereocenters.